The number of hydrogen-bond donors (Lipinski definition) is 3. The van der Waals surface area contributed by atoms with E-state index in [1.54, 1.807) is 4.57 Å². The van der Waals surface area contributed by atoms with Crippen LogP contribution in [0, 0.1) is 0 Å². The Labute approximate surface area is 175 Å². The summed E-state index contributed by atoms with van der Waals surface area (Å²) in [7, 11) is 1.92. The minimum atomic E-state index is -1.22. The number of para-hydroxylation sites is 1. The maximum Gasteiger partial charge on any atom is 0.165 e. The van der Waals surface area contributed by atoms with Crippen LogP contribution in [0.4, 0.5) is 0 Å². The highest BCUT2D eigenvalue weighted by molar-refractivity contribution is 6.11. The fourth-order valence-corrected chi connectivity index (χ4v) is 4.54. The van der Waals surface area contributed by atoms with Gasteiger partial charge in [0.15, 0.2) is 12.0 Å². The van der Waals surface area contributed by atoms with Gasteiger partial charge in [0.25, 0.3) is 0 Å². The fourth-order valence-electron chi connectivity index (χ4n) is 4.54. The zero-order chi connectivity index (χ0) is 21.3. The number of furan rings is 1. The second-order valence-corrected chi connectivity index (χ2v) is 7.83. The zero-order valence-corrected chi connectivity index (χ0v) is 16.6. The first kappa shape index (κ1) is 18.5. The van der Waals surface area contributed by atoms with Crippen LogP contribution < -0.4 is 0 Å². The molecule has 6 rings (SSSR count). The smallest absolute Gasteiger partial charge is 0.165 e. The predicted molar refractivity (Wildman–Crippen MR) is 112 cm³/mol. The van der Waals surface area contributed by atoms with Gasteiger partial charge in [0.2, 0.25) is 0 Å². The molecule has 1 fully saturated rings. The molecular formula is C22H20N4O5. The molecule has 5 aromatic rings. The maximum atomic E-state index is 10.7. The molecule has 5 heterocycles. The van der Waals surface area contributed by atoms with Gasteiger partial charge in [0.05, 0.1) is 23.0 Å². The summed E-state index contributed by atoms with van der Waals surface area (Å²) in [5, 5.41) is 32.2. The van der Waals surface area contributed by atoms with Crippen LogP contribution in [-0.4, -0.2) is 59.3 Å². The van der Waals surface area contributed by atoms with Crippen molar-refractivity contribution in [2.24, 2.45) is 7.05 Å². The lowest BCUT2D eigenvalue weighted by molar-refractivity contribution is -0.0489. The molecule has 4 aromatic heterocycles. The summed E-state index contributed by atoms with van der Waals surface area (Å²) >= 11 is 0. The molecule has 0 bridgehead atoms. The number of aliphatic hydroxyl groups excluding tert-OH is 3. The number of fused-ring (bicyclic) bond motifs is 4. The SMILES string of the molecule is Cn1ccc2c1c1c(-c3cc4ccccc4o3)ncnc1n2C1O[C@H](CO)[C@@H](O)[C@H]1O. The van der Waals surface area contributed by atoms with Crippen molar-refractivity contribution in [3.63, 3.8) is 0 Å². The summed E-state index contributed by atoms with van der Waals surface area (Å²) in [6, 6.07) is 11.6. The van der Waals surface area contributed by atoms with Crippen LogP contribution >= 0.6 is 0 Å². The van der Waals surface area contributed by atoms with Gasteiger partial charge in [-0.05, 0) is 18.2 Å². The highest BCUT2D eigenvalue weighted by Crippen LogP contribution is 2.41. The molecule has 4 atom stereocenters. The summed E-state index contributed by atoms with van der Waals surface area (Å²) < 4.78 is 15.6. The van der Waals surface area contributed by atoms with Crippen molar-refractivity contribution in [3.8, 4) is 11.5 Å². The Morgan fingerprint density at radius 3 is 2.71 bits per heavy atom. The first-order chi connectivity index (χ1) is 15.1. The lowest BCUT2D eigenvalue weighted by atomic mass is 10.1. The van der Waals surface area contributed by atoms with E-state index in [0.717, 1.165) is 27.4 Å². The standard InChI is InChI=1S/C22H20N4O5/c1-25-7-6-12-18(25)16-17(14-8-11-4-2-3-5-13(11)30-14)23-10-24-21(16)26(12)22-20(29)19(28)15(9-27)31-22/h2-8,10,15,19-20,22,27-29H,9H2,1H3/t15-,19-,20-,22?/m1/s1. The Morgan fingerprint density at radius 2 is 1.94 bits per heavy atom. The molecule has 9 heteroatoms. The number of nitrogens with zero attached hydrogens (tertiary/aromatic N) is 4. The number of aliphatic hydroxyl groups is 3. The number of benzene rings is 1. The lowest BCUT2D eigenvalue weighted by Crippen LogP contribution is -2.33. The van der Waals surface area contributed by atoms with Gasteiger partial charge in [-0.2, -0.15) is 0 Å². The molecule has 1 unspecified atom stereocenters. The molecule has 31 heavy (non-hydrogen) atoms. The molecule has 1 aliphatic rings. The van der Waals surface area contributed by atoms with Crippen LogP contribution in [0.15, 0.2) is 53.3 Å². The first-order valence-corrected chi connectivity index (χ1v) is 10.00. The predicted octanol–water partition coefficient (Wildman–Crippen LogP) is 1.95. The van der Waals surface area contributed by atoms with E-state index in [0.29, 0.717) is 17.1 Å². The first-order valence-electron chi connectivity index (χ1n) is 10.00. The second kappa shape index (κ2) is 6.63. The monoisotopic (exact) mass is 420 g/mol. The minimum Gasteiger partial charge on any atom is -0.454 e. The van der Waals surface area contributed by atoms with E-state index >= 15 is 0 Å². The van der Waals surface area contributed by atoms with E-state index in [9.17, 15) is 15.3 Å². The average Bonchev–Trinajstić information content (AvgIpc) is 3.52. The Hall–Kier alpha value is -3.24. The van der Waals surface area contributed by atoms with Crippen LogP contribution in [0.5, 0.6) is 0 Å². The van der Waals surface area contributed by atoms with Gasteiger partial charge in [0.1, 0.15) is 41.6 Å². The third-order valence-electron chi connectivity index (χ3n) is 6.03. The van der Waals surface area contributed by atoms with Crippen molar-refractivity contribution in [1.29, 1.82) is 0 Å². The summed E-state index contributed by atoms with van der Waals surface area (Å²) in [6.45, 7) is -0.398. The molecule has 0 amide bonds. The van der Waals surface area contributed by atoms with E-state index in [2.05, 4.69) is 9.97 Å². The van der Waals surface area contributed by atoms with Crippen molar-refractivity contribution in [3.05, 3.63) is 48.9 Å². The second-order valence-electron chi connectivity index (χ2n) is 7.83. The molecule has 3 N–H and O–H groups in total. The van der Waals surface area contributed by atoms with Crippen LogP contribution in [0.1, 0.15) is 6.23 Å². The number of aryl methyl sites for hydroxylation is 1. The van der Waals surface area contributed by atoms with Gasteiger partial charge >= 0.3 is 0 Å². The van der Waals surface area contributed by atoms with E-state index < -0.39 is 31.1 Å². The van der Waals surface area contributed by atoms with Crippen molar-refractivity contribution in [1.82, 2.24) is 19.1 Å². The van der Waals surface area contributed by atoms with Crippen LogP contribution in [0.25, 0.3) is 44.5 Å². The van der Waals surface area contributed by atoms with Gasteiger partial charge in [-0.15, -0.1) is 0 Å². The Kier molecular flexibility index (Phi) is 3.96. The van der Waals surface area contributed by atoms with Crippen LogP contribution in [0.3, 0.4) is 0 Å². The largest absolute Gasteiger partial charge is 0.454 e. The highest BCUT2D eigenvalue weighted by atomic mass is 16.6. The van der Waals surface area contributed by atoms with Crippen LogP contribution in [-0.2, 0) is 11.8 Å². The molecule has 1 saturated heterocycles. The quantitative estimate of drug-likeness (QED) is 0.408. The molecule has 9 nitrogen and oxygen atoms in total. The third-order valence-corrected chi connectivity index (χ3v) is 6.03. The Morgan fingerprint density at radius 1 is 1.10 bits per heavy atom. The van der Waals surface area contributed by atoms with Gasteiger partial charge < -0.3 is 29.0 Å². The van der Waals surface area contributed by atoms with Crippen molar-refractivity contribution < 1.29 is 24.5 Å². The van der Waals surface area contributed by atoms with Gasteiger partial charge in [-0.1, -0.05) is 18.2 Å². The number of ether oxygens (including phenoxy) is 1. The summed E-state index contributed by atoms with van der Waals surface area (Å²) in [5.41, 5.74) is 3.55. The number of rotatable bonds is 3. The fraction of sp³-hybridized carbons (Fsp3) is 0.273. The molecule has 1 aromatic carbocycles. The average molecular weight is 420 g/mol. The zero-order valence-electron chi connectivity index (χ0n) is 16.6. The van der Waals surface area contributed by atoms with Crippen LogP contribution in [0.2, 0.25) is 0 Å². The van der Waals surface area contributed by atoms with Crippen molar-refractivity contribution >= 4 is 33.0 Å². The van der Waals surface area contributed by atoms with E-state index in [-0.39, 0.29) is 0 Å². The molecule has 158 valence electrons. The van der Waals surface area contributed by atoms with E-state index in [1.807, 2.05) is 54.2 Å². The number of aromatic nitrogens is 4. The van der Waals surface area contributed by atoms with Gasteiger partial charge in [-0.3, -0.25) is 4.57 Å². The lowest BCUT2D eigenvalue weighted by Gasteiger charge is -2.18. The minimum absolute atomic E-state index is 0.398. The maximum absolute atomic E-state index is 10.7. The van der Waals surface area contributed by atoms with E-state index in [4.69, 9.17) is 9.15 Å². The third kappa shape index (κ3) is 2.52. The summed E-state index contributed by atoms with van der Waals surface area (Å²) in [4.78, 5) is 9.01. The molecule has 0 saturated carbocycles. The van der Waals surface area contributed by atoms with Crippen molar-refractivity contribution in [2.75, 3.05) is 6.61 Å². The Balaban J connectivity index is 1.64. The topological polar surface area (TPSA) is 119 Å². The summed E-state index contributed by atoms with van der Waals surface area (Å²) in [5.74, 6) is 0.606. The molecular weight excluding hydrogens is 400 g/mol. The summed E-state index contributed by atoms with van der Waals surface area (Å²) in [6.07, 6.45) is -0.872. The Bertz CT molecular complexity index is 1400. The highest BCUT2D eigenvalue weighted by Gasteiger charge is 2.44. The molecule has 1 aliphatic heterocycles. The number of hydrogen-bond acceptors (Lipinski definition) is 7. The molecule has 0 radical (unpaired) electrons. The van der Waals surface area contributed by atoms with Gasteiger partial charge in [0, 0.05) is 18.6 Å². The van der Waals surface area contributed by atoms with Crippen molar-refractivity contribution in [2.45, 2.75) is 24.5 Å². The van der Waals surface area contributed by atoms with Gasteiger partial charge in [-0.25, -0.2) is 9.97 Å². The van der Waals surface area contributed by atoms with E-state index in [1.165, 1.54) is 6.33 Å². The molecule has 0 aliphatic carbocycles. The normalized spacial score (nSPS) is 24.1. The molecule has 0 spiro atoms.